The number of aryl methyl sites for hydroxylation is 1. The first-order valence-corrected chi connectivity index (χ1v) is 4.75. The van der Waals surface area contributed by atoms with E-state index in [0.717, 1.165) is 37.4 Å². The minimum absolute atomic E-state index is 0.870. The topological polar surface area (TPSA) is 52.7 Å². The van der Waals surface area contributed by atoms with Crippen LogP contribution in [0.15, 0.2) is 6.07 Å². The number of nitrogens with zero attached hydrogens (tertiary/aromatic N) is 1. The van der Waals surface area contributed by atoms with Crippen LogP contribution in [0, 0.1) is 0 Å². The Morgan fingerprint density at radius 3 is 2.92 bits per heavy atom. The third kappa shape index (κ3) is 3.57. The van der Waals surface area contributed by atoms with Gasteiger partial charge in [0, 0.05) is 25.3 Å². The molecule has 0 aliphatic heterocycles. The fourth-order valence-corrected chi connectivity index (χ4v) is 1.12. The number of aromatic amines is 1. The first-order chi connectivity index (χ1) is 6.36. The Kier molecular flexibility index (Phi) is 4.49. The van der Waals surface area contributed by atoms with E-state index in [1.165, 1.54) is 0 Å². The molecule has 3 N–H and O–H groups in total. The lowest BCUT2D eigenvalue weighted by atomic mass is 10.3. The van der Waals surface area contributed by atoms with Gasteiger partial charge in [-0.2, -0.15) is 5.10 Å². The predicted octanol–water partition coefficient (Wildman–Crippen LogP) is 0.281. The van der Waals surface area contributed by atoms with Crippen LogP contribution in [0.25, 0.3) is 0 Å². The fourth-order valence-electron chi connectivity index (χ4n) is 1.12. The highest BCUT2D eigenvalue weighted by Crippen LogP contribution is 1.98. The molecule has 1 aromatic rings. The molecule has 0 saturated carbocycles. The summed E-state index contributed by atoms with van der Waals surface area (Å²) in [5.74, 6) is 0. The Morgan fingerprint density at radius 1 is 1.46 bits per heavy atom. The highest BCUT2D eigenvalue weighted by molar-refractivity contribution is 5.07. The SMILES string of the molecule is CCc1cc(CNCCNC)[nH]n1. The summed E-state index contributed by atoms with van der Waals surface area (Å²) in [6, 6.07) is 2.10. The minimum Gasteiger partial charge on any atom is -0.318 e. The van der Waals surface area contributed by atoms with Crippen LogP contribution in [-0.2, 0) is 13.0 Å². The van der Waals surface area contributed by atoms with Crippen molar-refractivity contribution in [2.24, 2.45) is 0 Å². The maximum absolute atomic E-state index is 4.15. The summed E-state index contributed by atoms with van der Waals surface area (Å²) in [6.07, 6.45) is 0.993. The maximum Gasteiger partial charge on any atom is 0.0622 e. The van der Waals surface area contributed by atoms with Gasteiger partial charge in [0.05, 0.1) is 5.69 Å². The lowest BCUT2D eigenvalue weighted by Gasteiger charge is -2.00. The number of nitrogens with one attached hydrogen (secondary N) is 3. The van der Waals surface area contributed by atoms with Crippen molar-refractivity contribution in [3.63, 3.8) is 0 Å². The van der Waals surface area contributed by atoms with E-state index in [-0.39, 0.29) is 0 Å². The summed E-state index contributed by atoms with van der Waals surface area (Å²) >= 11 is 0. The van der Waals surface area contributed by atoms with E-state index in [1.54, 1.807) is 0 Å². The van der Waals surface area contributed by atoms with Gasteiger partial charge in [-0.05, 0) is 19.5 Å². The molecule has 0 radical (unpaired) electrons. The summed E-state index contributed by atoms with van der Waals surface area (Å²) in [5.41, 5.74) is 2.29. The molecule has 0 bridgehead atoms. The van der Waals surface area contributed by atoms with Gasteiger partial charge in [0.1, 0.15) is 0 Å². The van der Waals surface area contributed by atoms with Crippen molar-refractivity contribution in [1.29, 1.82) is 0 Å². The fraction of sp³-hybridized carbons (Fsp3) is 0.667. The highest BCUT2D eigenvalue weighted by Gasteiger charge is 1.97. The molecule has 1 heterocycles. The van der Waals surface area contributed by atoms with Gasteiger partial charge in [-0.1, -0.05) is 6.92 Å². The van der Waals surface area contributed by atoms with Crippen LogP contribution in [0.1, 0.15) is 18.3 Å². The number of hydrogen-bond acceptors (Lipinski definition) is 3. The number of H-pyrrole nitrogens is 1. The first-order valence-electron chi connectivity index (χ1n) is 4.75. The van der Waals surface area contributed by atoms with Crippen molar-refractivity contribution in [1.82, 2.24) is 20.8 Å². The molecular weight excluding hydrogens is 164 g/mol. The van der Waals surface area contributed by atoms with Gasteiger partial charge in [-0.15, -0.1) is 0 Å². The second kappa shape index (κ2) is 5.72. The molecule has 0 spiro atoms. The minimum atomic E-state index is 0.870. The molecule has 0 fully saturated rings. The van der Waals surface area contributed by atoms with E-state index >= 15 is 0 Å². The van der Waals surface area contributed by atoms with Crippen LogP contribution >= 0.6 is 0 Å². The smallest absolute Gasteiger partial charge is 0.0622 e. The highest BCUT2D eigenvalue weighted by atomic mass is 15.1. The average Bonchev–Trinajstić information content (AvgIpc) is 2.60. The summed E-state index contributed by atoms with van der Waals surface area (Å²) in [5, 5.41) is 13.5. The zero-order chi connectivity index (χ0) is 9.52. The molecule has 0 atom stereocenters. The van der Waals surface area contributed by atoms with Gasteiger partial charge < -0.3 is 10.6 Å². The van der Waals surface area contributed by atoms with Gasteiger partial charge >= 0.3 is 0 Å². The quantitative estimate of drug-likeness (QED) is 0.554. The predicted molar refractivity (Wildman–Crippen MR) is 53.6 cm³/mol. The van der Waals surface area contributed by atoms with Crippen molar-refractivity contribution >= 4 is 0 Å². The lowest BCUT2D eigenvalue weighted by Crippen LogP contribution is -2.24. The van der Waals surface area contributed by atoms with E-state index in [1.807, 2.05) is 7.05 Å². The van der Waals surface area contributed by atoms with Gasteiger partial charge in [-0.3, -0.25) is 5.10 Å². The summed E-state index contributed by atoms with van der Waals surface area (Å²) < 4.78 is 0. The van der Waals surface area contributed by atoms with Crippen molar-refractivity contribution in [3.8, 4) is 0 Å². The van der Waals surface area contributed by atoms with Crippen molar-refractivity contribution < 1.29 is 0 Å². The van der Waals surface area contributed by atoms with Crippen LogP contribution in [0.5, 0.6) is 0 Å². The average molecular weight is 182 g/mol. The molecule has 13 heavy (non-hydrogen) atoms. The van der Waals surface area contributed by atoms with Gasteiger partial charge in [0.25, 0.3) is 0 Å². The zero-order valence-corrected chi connectivity index (χ0v) is 8.35. The number of aromatic nitrogens is 2. The number of likely N-dealkylation sites (N-methyl/N-ethyl adjacent to an activating group) is 1. The van der Waals surface area contributed by atoms with Crippen LogP contribution in [-0.4, -0.2) is 30.3 Å². The summed E-state index contributed by atoms with van der Waals surface area (Å²) in [4.78, 5) is 0. The second-order valence-electron chi connectivity index (χ2n) is 3.02. The molecule has 4 heteroatoms. The molecule has 1 aromatic heterocycles. The molecule has 0 aromatic carbocycles. The Morgan fingerprint density at radius 2 is 2.31 bits per heavy atom. The van der Waals surface area contributed by atoms with Crippen LogP contribution < -0.4 is 10.6 Å². The Labute approximate surface area is 79.1 Å². The maximum atomic E-state index is 4.15. The van der Waals surface area contributed by atoms with Crippen molar-refractivity contribution in [2.45, 2.75) is 19.9 Å². The van der Waals surface area contributed by atoms with Gasteiger partial charge in [0.2, 0.25) is 0 Å². The summed E-state index contributed by atoms with van der Waals surface area (Å²) in [6.45, 7) is 4.95. The molecule has 0 aliphatic rings. The summed E-state index contributed by atoms with van der Waals surface area (Å²) in [7, 11) is 1.95. The molecule has 1 rings (SSSR count). The molecule has 0 aliphatic carbocycles. The molecule has 0 unspecified atom stereocenters. The van der Waals surface area contributed by atoms with Crippen LogP contribution in [0.3, 0.4) is 0 Å². The molecule has 0 amide bonds. The van der Waals surface area contributed by atoms with Crippen LogP contribution in [0.4, 0.5) is 0 Å². The molecule has 74 valence electrons. The van der Waals surface area contributed by atoms with E-state index in [2.05, 4.69) is 33.8 Å². The standard InChI is InChI=1S/C9H18N4/c1-3-8-6-9(13-12-8)7-11-5-4-10-2/h6,10-11H,3-5,7H2,1-2H3,(H,12,13). The van der Waals surface area contributed by atoms with Crippen LogP contribution in [0.2, 0.25) is 0 Å². The molecule has 0 saturated heterocycles. The lowest BCUT2D eigenvalue weighted by molar-refractivity contribution is 0.641. The third-order valence-electron chi connectivity index (χ3n) is 1.91. The Hall–Kier alpha value is -0.870. The zero-order valence-electron chi connectivity index (χ0n) is 8.35. The largest absolute Gasteiger partial charge is 0.318 e. The molecular formula is C9H18N4. The number of rotatable bonds is 6. The van der Waals surface area contributed by atoms with E-state index in [0.29, 0.717) is 0 Å². The number of hydrogen-bond donors (Lipinski definition) is 3. The monoisotopic (exact) mass is 182 g/mol. The second-order valence-corrected chi connectivity index (χ2v) is 3.02. The van der Waals surface area contributed by atoms with E-state index in [9.17, 15) is 0 Å². The Bertz CT molecular complexity index is 231. The van der Waals surface area contributed by atoms with Gasteiger partial charge in [0.15, 0.2) is 0 Å². The van der Waals surface area contributed by atoms with Crippen molar-refractivity contribution in [2.75, 3.05) is 20.1 Å². The third-order valence-corrected chi connectivity index (χ3v) is 1.91. The normalized spacial score (nSPS) is 10.6. The van der Waals surface area contributed by atoms with Crippen molar-refractivity contribution in [3.05, 3.63) is 17.5 Å². The Balaban J connectivity index is 2.20. The van der Waals surface area contributed by atoms with E-state index in [4.69, 9.17) is 0 Å². The van der Waals surface area contributed by atoms with E-state index < -0.39 is 0 Å². The van der Waals surface area contributed by atoms with Gasteiger partial charge in [-0.25, -0.2) is 0 Å². The first kappa shape index (κ1) is 10.2. The molecule has 4 nitrogen and oxygen atoms in total.